The quantitative estimate of drug-likeness (QED) is 0.337. The van der Waals surface area contributed by atoms with Crippen LogP contribution in [0.15, 0.2) is 54.9 Å². The van der Waals surface area contributed by atoms with Crippen LogP contribution in [0.3, 0.4) is 0 Å². The highest BCUT2D eigenvalue weighted by Crippen LogP contribution is 2.38. The number of benzene rings is 2. The first-order valence-corrected chi connectivity index (χ1v) is 11.2. The molecule has 1 unspecified atom stereocenters. The summed E-state index contributed by atoms with van der Waals surface area (Å²) in [6.45, 7) is 6.21. The summed E-state index contributed by atoms with van der Waals surface area (Å²) in [5.41, 5.74) is 8.39. The number of imidazole rings is 1. The second kappa shape index (κ2) is 6.82. The van der Waals surface area contributed by atoms with Gasteiger partial charge >= 0.3 is 0 Å². The summed E-state index contributed by atoms with van der Waals surface area (Å²) in [6, 6.07) is 14.4. The summed E-state index contributed by atoms with van der Waals surface area (Å²) in [5.74, 6) is 0.753. The van der Waals surface area contributed by atoms with E-state index in [1.54, 1.807) is 0 Å². The van der Waals surface area contributed by atoms with Gasteiger partial charge in [-0.1, -0.05) is 18.2 Å². The fourth-order valence-electron chi connectivity index (χ4n) is 3.67. The molecular formula is C22H19BN5P. The average Bonchev–Trinajstić information content (AvgIpc) is 3.30. The van der Waals surface area contributed by atoms with Crippen LogP contribution < -0.4 is 0 Å². The molecule has 0 saturated heterocycles. The molecule has 5 aromatic rings. The standard InChI is InChI=1S/C22H19BN5P/c1-13-11-24-12-17(14(13)2)15-8-9-20-16(10-15)21(27-28(20)29(3)23)22-25-18-6-4-5-7-19(18)26-22/h4-12H,1-3H3,(H,25,26). The van der Waals surface area contributed by atoms with Crippen LogP contribution in [0.25, 0.3) is 44.6 Å². The molecule has 2 radical (unpaired) electrons. The number of nitrogens with zero attached hydrogens (tertiary/aromatic N) is 4. The lowest BCUT2D eigenvalue weighted by Crippen LogP contribution is -1.93. The smallest absolute Gasteiger partial charge is 0.159 e. The topological polar surface area (TPSA) is 59.4 Å². The number of aromatic amines is 1. The third-order valence-electron chi connectivity index (χ3n) is 5.35. The van der Waals surface area contributed by atoms with Crippen LogP contribution in [0.1, 0.15) is 11.1 Å². The second-order valence-corrected chi connectivity index (χ2v) is 8.80. The molecule has 140 valence electrons. The number of pyridine rings is 1. The molecule has 5 nitrogen and oxygen atoms in total. The minimum absolute atomic E-state index is 0.753. The average molecular weight is 395 g/mol. The number of aryl methyl sites for hydroxylation is 1. The van der Waals surface area contributed by atoms with Crippen molar-refractivity contribution in [2.75, 3.05) is 6.66 Å². The van der Waals surface area contributed by atoms with E-state index in [2.05, 4.69) is 42.0 Å². The highest BCUT2D eigenvalue weighted by molar-refractivity contribution is 7.80. The first-order valence-electron chi connectivity index (χ1n) is 9.41. The lowest BCUT2D eigenvalue weighted by atomic mass is 9.98. The largest absolute Gasteiger partial charge is 0.337 e. The van der Waals surface area contributed by atoms with Crippen molar-refractivity contribution in [1.82, 2.24) is 24.5 Å². The van der Waals surface area contributed by atoms with E-state index >= 15 is 0 Å². The number of para-hydroxylation sites is 2. The fourth-order valence-corrected chi connectivity index (χ4v) is 4.42. The number of hydrogen-bond donors (Lipinski definition) is 1. The SMILES string of the molecule is [B]P(C)n1nc(-c2nc3ccccc3[nH]2)c2cc(-c3cncc(C)c3C)ccc21. The van der Waals surface area contributed by atoms with E-state index in [9.17, 15) is 0 Å². The van der Waals surface area contributed by atoms with Gasteiger partial charge in [0.2, 0.25) is 0 Å². The van der Waals surface area contributed by atoms with Gasteiger partial charge in [0, 0.05) is 23.3 Å². The zero-order chi connectivity index (χ0) is 20.1. The normalized spacial score (nSPS) is 12.7. The molecular weight excluding hydrogens is 376 g/mol. The second-order valence-electron chi connectivity index (χ2n) is 7.28. The number of nitrogens with one attached hydrogen (secondary N) is 1. The molecule has 0 saturated carbocycles. The Labute approximate surface area is 171 Å². The molecule has 0 fully saturated rings. The molecule has 0 bridgehead atoms. The Morgan fingerprint density at radius 1 is 1.07 bits per heavy atom. The molecule has 29 heavy (non-hydrogen) atoms. The summed E-state index contributed by atoms with van der Waals surface area (Å²) in [6.07, 6.45) is 3.82. The zero-order valence-electron chi connectivity index (χ0n) is 16.5. The summed E-state index contributed by atoms with van der Waals surface area (Å²) >= 11 is 0. The van der Waals surface area contributed by atoms with E-state index in [4.69, 9.17) is 17.6 Å². The van der Waals surface area contributed by atoms with Gasteiger partial charge < -0.3 is 4.98 Å². The Morgan fingerprint density at radius 3 is 2.69 bits per heavy atom. The van der Waals surface area contributed by atoms with Crippen LogP contribution in [0.5, 0.6) is 0 Å². The third-order valence-corrected chi connectivity index (χ3v) is 6.26. The molecule has 0 aliphatic heterocycles. The number of rotatable bonds is 3. The van der Waals surface area contributed by atoms with Gasteiger partial charge in [0.25, 0.3) is 0 Å². The van der Waals surface area contributed by atoms with Crippen molar-refractivity contribution >= 4 is 37.5 Å². The van der Waals surface area contributed by atoms with Gasteiger partial charge in [0.05, 0.1) is 16.6 Å². The molecule has 0 aliphatic carbocycles. The lowest BCUT2D eigenvalue weighted by Gasteiger charge is -2.10. The summed E-state index contributed by atoms with van der Waals surface area (Å²) in [7, 11) is 5.35. The monoisotopic (exact) mass is 395 g/mol. The minimum atomic E-state index is -0.912. The van der Waals surface area contributed by atoms with Gasteiger partial charge in [0.1, 0.15) is 13.3 Å². The van der Waals surface area contributed by atoms with E-state index < -0.39 is 7.95 Å². The van der Waals surface area contributed by atoms with E-state index in [-0.39, 0.29) is 0 Å². The molecule has 2 aromatic carbocycles. The number of H-pyrrole nitrogens is 1. The van der Waals surface area contributed by atoms with Gasteiger partial charge in [-0.05, 0) is 69.4 Å². The summed E-state index contributed by atoms with van der Waals surface area (Å²) in [5, 5.41) is 5.87. The molecule has 0 spiro atoms. The predicted octanol–water partition coefficient (Wildman–Crippen LogP) is 5.22. The van der Waals surface area contributed by atoms with Crippen LogP contribution >= 0.6 is 7.95 Å². The lowest BCUT2D eigenvalue weighted by molar-refractivity contribution is 1.02. The van der Waals surface area contributed by atoms with Crippen LogP contribution in [-0.2, 0) is 0 Å². The molecule has 0 aliphatic rings. The third kappa shape index (κ3) is 2.95. The van der Waals surface area contributed by atoms with E-state index in [0.29, 0.717) is 0 Å². The maximum atomic E-state index is 6.26. The van der Waals surface area contributed by atoms with Gasteiger partial charge in [-0.15, -0.1) is 0 Å². The first kappa shape index (κ1) is 18.1. The van der Waals surface area contributed by atoms with Gasteiger partial charge in [-0.3, -0.25) is 9.44 Å². The maximum absolute atomic E-state index is 6.26. The van der Waals surface area contributed by atoms with Crippen molar-refractivity contribution in [3.8, 4) is 22.6 Å². The van der Waals surface area contributed by atoms with E-state index in [1.807, 2.05) is 47.8 Å². The Hall–Kier alpha value is -2.98. The molecule has 1 atom stereocenters. The van der Waals surface area contributed by atoms with Crippen molar-refractivity contribution in [3.63, 3.8) is 0 Å². The maximum Gasteiger partial charge on any atom is 0.159 e. The number of fused-ring (bicyclic) bond motifs is 2. The molecule has 0 amide bonds. The van der Waals surface area contributed by atoms with Gasteiger partial charge in [-0.25, -0.2) is 4.98 Å². The van der Waals surface area contributed by atoms with E-state index in [1.165, 1.54) is 11.1 Å². The highest BCUT2D eigenvalue weighted by Gasteiger charge is 2.18. The number of aromatic nitrogens is 5. The first-order chi connectivity index (χ1) is 14.0. The molecule has 1 N–H and O–H groups in total. The Morgan fingerprint density at radius 2 is 1.90 bits per heavy atom. The van der Waals surface area contributed by atoms with Crippen LogP contribution in [0.4, 0.5) is 0 Å². The van der Waals surface area contributed by atoms with Crippen molar-refractivity contribution in [2.45, 2.75) is 13.8 Å². The van der Waals surface area contributed by atoms with Crippen LogP contribution in [0, 0.1) is 13.8 Å². The van der Waals surface area contributed by atoms with Gasteiger partial charge in [-0.2, -0.15) is 5.10 Å². The summed E-state index contributed by atoms with van der Waals surface area (Å²) in [4.78, 5) is 12.6. The summed E-state index contributed by atoms with van der Waals surface area (Å²) < 4.78 is 1.91. The van der Waals surface area contributed by atoms with Gasteiger partial charge in [0.15, 0.2) is 5.82 Å². The van der Waals surface area contributed by atoms with Crippen molar-refractivity contribution in [1.29, 1.82) is 0 Å². The fraction of sp³-hybridized carbons (Fsp3) is 0.136. The minimum Gasteiger partial charge on any atom is -0.337 e. The number of hydrogen-bond acceptors (Lipinski definition) is 3. The van der Waals surface area contributed by atoms with E-state index in [0.717, 1.165) is 44.6 Å². The highest BCUT2D eigenvalue weighted by atomic mass is 31.1. The molecule has 3 heterocycles. The van der Waals surface area contributed by atoms with Crippen molar-refractivity contribution in [2.24, 2.45) is 0 Å². The molecule has 3 aromatic heterocycles. The Balaban J connectivity index is 1.77. The molecule has 5 rings (SSSR count). The predicted molar refractivity (Wildman–Crippen MR) is 122 cm³/mol. The Bertz CT molecular complexity index is 1340. The Kier molecular flexibility index (Phi) is 4.25. The zero-order valence-corrected chi connectivity index (χ0v) is 17.4. The van der Waals surface area contributed by atoms with Crippen LogP contribution in [-0.4, -0.2) is 38.7 Å². The van der Waals surface area contributed by atoms with Crippen molar-refractivity contribution < 1.29 is 0 Å². The van der Waals surface area contributed by atoms with Crippen molar-refractivity contribution in [3.05, 3.63) is 66.0 Å². The van der Waals surface area contributed by atoms with Crippen LogP contribution in [0.2, 0.25) is 0 Å². The molecule has 7 heteroatoms.